The molecular formula is C13H15N3O2S. The van der Waals surface area contributed by atoms with Gasteiger partial charge in [0, 0.05) is 11.4 Å². The summed E-state index contributed by atoms with van der Waals surface area (Å²) in [5.41, 5.74) is 8.01. The van der Waals surface area contributed by atoms with Crippen molar-refractivity contribution in [3.63, 3.8) is 0 Å². The van der Waals surface area contributed by atoms with Crippen LogP contribution in [0.5, 0.6) is 0 Å². The number of anilines is 2. The number of nitrogen functional groups attached to an aromatic ring is 1. The maximum absolute atomic E-state index is 12.2. The molecular weight excluding hydrogens is 262 g/mol. The molecule has 0 unspecified atom stereocenters. The second-order valence-corrected chi connectivity index (χ2v) is 5.94. The zero-order valence-electron chi connectivity index (χ0n) is 10.7. The second-order valence-electron chi connectivity index (χ2n) is 4.26. The van der Waals surface area contributed by atoms with Gasteiger partial charge in [-0.1, -0.05) is 0 Å². The highest BCUT2D eigenvalue weighted by Gasteiger charge is 2.15. The van der Waals surface area contributed by atoms with Crippen molar-refractivity contribution < 1.29 is 8.42 Å². The summed E-state index contributed by atoms with van der Waals surface area (Å²) in [5, 5.41) is 0. The standard InChI is InChI=1S/C13H15N3O2S/c1-9-3-8-13(10(2)15-9)16-19(17,18)12-6-4-11(14)5-7-12/h3-8,16H,14H2,1-2H3. The van der Waals surface area contributed by atoms with Crippen molar-refractivity contribution in [3.8, 4) is 0 Å². The normalized spacial score (nSPS) is 11.3. The summed E-state index contributed by atoms with van der Waals surface area (Å²) in [6.45, 7) is 3.61. The molecule has 100 valence electrons. The molecule has 0 aliphatic rings. The van der Waals surface area contributed by atoms with Gasteiger partial charge in [0.05, 0.1) is 16.3 Å². The lowest BCUT2D eigenvalue weighted by molar-refractivity contribution is 0.601. The molecule has 1 aromatic carbocycles. The Kier molecular flexibility index (Phi) is 3.44. The number of hydrogen-bond donors (Lipinski definition) is 2. The summed E-state index contributed by atoms with van der Waals surface area (Å²) < 4.78 is 26.9. The number of nitrogens with two attached hydrogens (primary N) is 1. The molecule has 3 N–H and O–H groups in total. The first kappa shape index (κ1) is 13.4. The van der Waals surface area contributed by atoms with Crippen molar-refractivity contribution in [2.75, 3.05) is 10.5 Å². The van der Waals surface area contributed by atoms with Crippen LogP contribution in [0.1, 0.15) is 11.4 Å². The van der Waals surface area contributed by atoms with Gasteiger partial charge in [0.25, 0.3) is 10.0 Å². The first-order chi connectivity index (χ1) is 8.88. The van der Waals surface area contributed by atoms with E-state index in [1.165, 1.54) is 12.1 Å². The summed E-state index contributed by atoms with van der Waals surface area (Å²) in [4.78, 5) is 4.39. The third-order valence-electron chi connectivity index (χ3n) is 2.66. The van der Waals surface area contributed by atoms with Crippen molar-refractivity contribution in [1.82, 2.24) is 4.98 Å². The minimum Gasteiger partial charge on any atom is -0.399 e. The van der Waals surface area contributed by atoms with Crippen LogP contribution < -0.4 is 10.5 Å². The van der Waals surface area contributed by atoms with Gasteiger partial charge in [-0.05, 0) is 50.2 Å². The van der Waals surface area contributed by atoms with E-state index in [0.29, 0.717) is 17.1 Å². The molecule has 0 aliphatic heterocycles. The molecule has 6 heteroatoms. The summed E-state index contributed by atoms with van der Waals surface area (Å²) in [6.07, 6.45) is 0. The van der Waals surface area contributed by atoms with Crippen molar-refractivity contribution in [2.45, 2.75) is 18.7 Å². The molecule has 0 atom stereocenters. The highest BCUT2D eigenvalue weighted by Crippen LogP contribution is 2.19. The van der Waals surface area contributed by atoms with E-state index in [9.17, 15) is 8.42 Å². The van der Waals surface area contributed by atoms with E-state index in [4.69, 9.17) is 5.73 Å². The third-order valence-corrected chi connectivity index (χ3v) is 4.04. The number of pyridine rings is 1. The highest BCUT2D eigenvalue weighted by molar-refractivity contribution is 7.92. The van der Waals surface area contributed by atoms with Gasteiger partial charge in [-0.25, -0.2) is 8.42 Å². The summed E-state index contributed by atoms with van der Waals surface area (Å²) in [5.74, 6) is 0. The molecule has 19 heavy (non-hydrogen) atoms. The molecule has 0 aliphatic carbocycles. The monoisotopic (exact) mass is 277 g/mol. The Morgan fingerprint density at radius 3 is 2.26 bits per heavy atom. The van der Waals surface area contributed by atoms with Crippen LogP contribution in [-0.2, 0) is 10.0 Å². The lowest BCUT2D eigenvalue weighted by Gasteiger charge is -2.10. The van der Waals surface area contributed by atoms with Crippen molar-refractivity contribution in [2.24, 2.45) is 0 Å². The van der Waals surface area contributed by atoms with Gasteiger partial charge in [-0.3, -0.25) is 9.71 Å². The van der Waals surface area contributed by atoms with Crippen LogP contribution in [0.25, 0.3) is 0 Å². The number of hydrogen-bond acceptors (Lipinski definition) is 4. The molecule has 2 rings (SSSR count). The molecule has 1 heterocycles. The predicted molar refractivity (Wildman–Crippen MR) is 75.4 cm³/mol. The lowest BCUT2D eigenvalue weighted by atomic mass is 10.3. The van der Waals surface area contributed by atoms with Crippen LogP contribution in [-0.4, -0.2) is 13.4 Å². The Morgan fingerprint density at radius 1 is 1.05 bits per heavy atom. The van der Waals surface area contributed by atoms with E-state index in [1.54, 1.807) is 31.2 Å². The molecule has 5 nitrogen and oxygen atoms in total. The van der Waals surface area contributed by atoms with Crippen LogP contribution in [0.4, 0.5) is 11.4 Å². The fourth-order valence-corrected chi connectivity index (χ4v) is 2.76. The van der Waals surface area contributed by atoms with Crippen LogP contribution in [0.2, 0.25) is 0 Å². The van der Waals surface area contributed by atoms with E-state index in [2.05, 4.69) is 9.71 Å². The quantitative estimate of drug-likeness (QED) is 0.841. The molecule has 0 saturated carbocycles. The van der Waals surface area contributed by atoms with Gasteiger partial charge in [0.15, 0.2) is 0 Å². The molecule has 0 fully saturated rings. The highest BCUT2D eigenvalue weighted by atomic mass is 32.2. The fraction of sp³-hybridized carbons (Fsp3) is 0.154. The topological polar surface area (TPSA) is 85.1 Å². The van der Waals surface area contributed by atoms with Gasteiger partial charge in [-0.2, -0.15) is 0 Å². The van der Waals surface area contributed by atoms with Gasteiger partial charge < -0.3 is 5.73 Å². The Bertz CT molecular complexity index is 694. The van der Waals surface area contributed by atoms with Gasteiger partial charge >= 0.3 is 0 Å². The van der Waals surface area contributed by atoms with Crippen LogP contribution in [0.3, 0.4) is 0 Å². The Morgan fingerprint density at radius 2 is 1.68 bits per heavy atom. The summed E-state index contributed by atoms with van der Waals surface area (Å²) in [6, 6.07) is 9.49. The SMILES string of the molecule is Cc1ccc(NS(=O)(=O)c2ccc(N)cc2)c(C)n1. The van der Waals surface area contributed by atoms with E-state index in [0.717, 1.165) is 5.69 Å². The number of rotatable bonds is 3. The molecule has 2 aromatic rings. The molecule has 0 spiro atoms. The maximum Gasteiger partial charge on any atom is 0.261 e. The summed E-state index contributed by atoms with van der Waals surface area (Å²) in [7, 11) is -3.61. The fourth-order valence-electron chi connectivity index (χ4n) is 1.65. The second kappa shape index (κ2) is 4.89. The molecule has 0 radical (unpaired) electrons. The van der Waals surface area contributed by atoms with E-state index in [-0.39, 0.29) is 4.90 Å². The smallest absolute Gasteiger partial charge is 0.261 e. The number of benzene rings is 1. The Balaban J connectivity index is 2.33. The third kappa shape index (κ3) is 3.03. The summed E-state index contributed by atoms with van der Waals surface area (Å²) >= 11 is 0. The van der Waals surface area contributed by atoms with Crippen molar-refractivity contribution in [3.05, 3.63) is 47.8 Å². The minimum atomic E-state index is -3.61. The first-order valence-electron chi connectivity index (χ1n) is 5.71. The van der Waals surface area contributed by atoms with Crippen LogP contribution in [0, 0.1) is 13.8 Å². The van der Waals surface area contributed by atoms with E-state index in [1.807, 2.05) is 6.92 Å². The Labute approximate surface area is 112 Å². The van der Waals surface area contributed by atoms with Gasteiger partial charge in [-0.15, -0.1) is 0 Å². The zero-order valence-corrected chi connectivity index (χ0v) is 11.5. The van der Waals surface area contributed by atoms with E-state index >= 15 is 0 Å². The molecule has 0 amide bonds. The molecule has 0 saturated heterocycles. The van der Waals surface area contributed by atoms with Crippen LogP contribution >= 0.6 is 0 Å². The van der Waals surface area contributed by atoms with Crippen molar-refractivity contribution >= 4 is 21.4 Å². The number of sulfonamides is 1. The van der Waals surface area contributed by atoms with Crippen LogP contribution in [0.15, 0.2) is 41.3 Å². The predicted octanol–water partition coefficient (Wildman–Crippen LogP) is 2.08. The number of nitrogens with one attached hydrogen (secondary N) is 1. The number of aromatic nitrogens is 1. The van der Waals surface area contributed by atoms with Crippen molar-refractivity contribution in [1.29, 1.82) is 0 Å². The largest absolute Gasteiger partial charge is 0.399 e. The first-order valence-corrected chi connectivity index (χ1v) is 7.19. The lowest BCUT2D eigenvalue weighted by Crippen LogP contribution is -2.14. The Hall–Kier alpha value is -2.08. The average molecular weight is 277 g/mol. The van der Waals surface area contributed by atoms with E-state index < -0.39 is 10.0 Å². The average Bonchev–Trinajstić information content (AvgIpc) is 2.33. The molecule has 1 aromatic heterocycles. The zero-order chi connectivity index (χ0) is 14.0. The number of nitrogens with zero attached hydrogens (tertiary/aromatic N) is 1. The molecule has 0 bridgehead atoms. The number of aryl methyl sites for hydroxylation is 2. The maximum atomic E-state index is 12.2. The minimum absolute atomic E-state index is 0.168. The van der Waals surface area contributed by atoms with Gasteiger partial charge in [0.1, 0.15) is 0 Å². The van der Waals surface area contributed by atoms with Gasteiger partial charge in [0.2, 0.25) is 0 Å².